The lowest BCUT2D eigenvalue weighted by Gasteiger charge is -2.07. The van der Waals surface area contributed by atoms with Crippen LogP contribution < -0.4 is 5.73 Å². The molecular weight excluding hydrogens is 208 g/mol. The molecule has 0 aliphatic heterocycles. The van der Waals surface area contributed by atoms with E-state index in [9.17, 15) is 0 Å². The van der Waals surface area contributed by atoms with Gasteiger partial charge >= 0.3 is 0 Å². The van der Waals surface area contributed by atoms with Crippen molar-refractivity contribution in [2.45, 2.75) is 19.4 Å². The summed E-state index contributed by atoms with van der Waals surface area (Å²) in [7, 11) is 0. The topological polar surface area (TPSA) is 64.7 Å². The molecule has 1 atom stereocenters. The Morgan fingerprint density at radius 3 is 3.00 bits per heavy atom. The summed E-state index contributed by atoms with van der Waals surface area (Å²) in [5, 5.41) is 3.08. The van der Waals surface area contributed by atoms with Crippen molar-refractivity contribution in [1.29, 1.82) is 0 Å². The maximum atomic E-state index is 6.01. The molecule has 0 saturated carbocycles. The summed E-state index contributed by atoms with van der Waals surface area (Å²) < 4.78 is 0. The van der Waals surface area contributed by atoms with E-state index in [4.69, 9.17) is 5.73 Å². The average Bonchev–Trinajstić information content (AvgIpc) is 2.65. The van der Waals surface area contributed by atoms with E-state index < -0.39 is 0 Å². The largest absolute Gasteiger partial charge is 0.322 e. The van der Waals surface area contributed by atoms with E-state index in [0.717, 1.165) is 22.8 Å². The van der Waals surface area contributed by atoms with Crippen molar-refractivity contribution in [3.63, 3.8) is 0 Å². The first-order valence-electron chi connectivity index (χ1n) is 4.68. The summed E-state index contributed by atoms with van der Waals surface area (Å²) in [5.41, 5.74) is 7.92. The lowest BCUT2D eigenvalue weighted by atomic mass is 10.1. The Kier molecular flexibility index (Phi) is 3.03. The van der Waals surface area contributed by atoms with Crippen LogP contribution in [0.3, 0.4) is 0 Å². The standard InChI is InChI=1S/C10H12N4S/c1-7-5-15-10(14-7)4-8(11)9-2-3-12-6-13-9/h2-3,5-6,8H,4,11H2,1H3. The summed E-state index contributed by atoms with van der Waals surface area (Å²) in [6, 6.07) is 1.74. The van der Waals surface area contributed by atoms with E-state index in [2.05, 4.69) is 15.0 Å². The summed E-state index contributed by atoms with van der Waals surface area (Å²) in [6.45, 7) is 1.98. The van der Waals surface area contributed by atoms with Crippen molar-refractivity contribution in [3.05, 3.63) is 40.4 Å². The van der Waals surface area contributed by atoms with Crippen molar-refractivity contribution in [2.24, 2.45) is 5.73 Å². The molecule has 0 aromatic carbocycles. The third-order valence-electron chi connectivity index (χ3n) is 2.05. The number of aryl methyl sites for hydroxylation is 1. The third kappa shape index (κ3) is 2.57. The number of thiazole rings is 1. The van der Waals surface area contributed by atoms with Crippen LogP contribution in [0, 0.1) is 6.92 Å². The fourth-order valence-electron chi connectivity index (χ4n) is 1.31. The van der Waals surface area contributed by atoms with Gasteiger partial charge in [0, 0.05) is 23.7 Å². The minimum atomic E-state index is -0.0986. The Morgan fingerprint density at radius 2 is 2.40 bits per heavy atom. The highest BCUT2D eigenvalue weighted by atomic mass is 32.1. The summed E-state index contributed by atoms with van der Waals surface area (Å²) in [5.74, 6) is 0. The highest BCUT2D eigenvalue weighted by Crippen LogP contribution is 2.16. The van der Waals surface area contributed by atoms with Crippen LogP contribution in [-0.2, 0) is 6.42 Å². The SMILES string of the molecule is Cc1csc(CC(N)c2ccncn2)n1. The van der Waals surface area contributed by atoms with Gasteiger partial charge in [0.25, 0.3) is 0 Å². The molecular formula is C10H12N4S. The van der Waals surface area contributed by atoms with Crippen LogP contribution in [0.4, 0.5) is 0 Å². The van der Waals surface area contributed by atoms with E-state index in [-0.39, 0.29) is 6.04 Å². The molecule has 0 saturated heterocycles. The van der Waals surface area contributed by atoms with Gasteiger partial charge in [-0.15, -0.1) is 11.3 Å². The van der Waals surface area contributed by atoms with Crippen LogP contribution in [0.5, 0.6) is 0 Å². The number of hydrogen-bond donors (Lipinski definition) is 1. The zero-order valence-electron chi connectivity index (χ0n) is 8.42. The molecule has 15 heavy (non-hydrogen) atoms. The predicted octanol–water partition coefficient (Wildman–Crippen LogP) is 1.48. The summed E-state index contributed by atoms with van der Waals surface area (Å²) in [6.07, 6.45) is 3.95. The first kappa shape index (κ1) is 10.2. The van der Waals surface area contributed by atoms with Crippen molar-refractivity contribution in [2.75, 3.05) is 0 Å². The number of aromatic nitrogens is 3. The van der Waals surface area contributed by atoms with Gasteiger partial charge in [0.05, 0.1) is 16.7 Å². The van der Waals surface area contributed by atoms with Crippen LogP contribution in [0.25, 0.3) is 0 Å². The average molecular weight is 220 g/mol. The van der Waals surface area contributed by atoms with Gasteiger partial charge in [-0.25, -0.2) is 15.0 Å². The number of hydrogen-bond acceptors (Lipinski definition) is 5. The molecule has 0 aliphatic carbocycles. The zero-order chi connectivity index (χ0) is 10.7. The van der Waals surface area contributed by atoms with Gasteiger partial charge in [0.1, 0.15) is 6.33 Å². The Balaban J connectivity index is 2.07. The van der Waals surface area contributed by atoms with Gasteiger partial charge in [-0.1, -0.05) is 0 Å². The summed E-state index contributed by atoms with van der Waals surface area (Å²) in [4.78, 5) is 12.4. The Hall–Kier alpha value is -1.33. The highest BCUT2D eigenvalue weighted by Gasteiger charge is 2.10. The Bertz CT molecular complexity index is 426. The lowest BCUT2D eigenvalue weighted by molar-refractivity contribution is 0.688. The van der Waals surface area contributed by atoms with Crippen LogP contribution in [0.15, 0.2) is 24.0 Å². The zero-order valence-corrected chi connectivity index (χ0v) is 9.24. The molecule has 2 aromatic rings. The van der Waals surface area contributed by atoms with Crippen molar-refractivity contribution < 1.29 is 0 Å². The van der Waals surface area contributed by atoms with Crippen molar-refractivity contribution >= 4 is 11.3 Å². The molecule has 2 N–H and O–H groups in total. The fraction of sp³-hybridized carbons (Fsp3) is 0.300. The number of rotatable bonds is 3. The summed E-state index contributed by atoms with van der Waals surface area (Å²) >= 11 is 1.64. The fourth-order valence-corrected chi connectivity index (χ4v) is 2.14. The van der Waals surface area contributed by atoms with Crippen LogP contribution >= 0.6 is 11.3 Å². The van der Waals surface area contributed by atoms with E-state index in [1.54, 1.807) is 17.5 Å². The molecule has 2 rings (SSSR count). The first-order chi connectivity index (χ1) is 7.25. The number of nitrogens with two attached hydrogens (primary N) is 1. The molecule has 5 heteroatoms. The van der Waals surface area contributed by atoms with E-state index >= 15 is 0 Å². The van der Waals surface area contributed by atoms with Gasteiger partial charge in [-0.05, 0) is 13.0 Å². The maximum Gasteiger partial charge on any atom is 0.115 e. The van der Waals surface area contributed by atoms with Gasteiger partial charge in [-0.2, -0.15) is 0 Å². The molecule has 0 aliphatic rings. The second-order valence-electron chi connectivity index (χ2n) is 3.33. The van der Waals surface area contributed by atoms with E-state index in [0.29, 0.717) is 0 Å². The minimum Gasteiger partial charge on any atom is -0.322 e. The third-order valence-corrected chi connectivity index (χ3v) is 3.03. The van der Waals surface area contributed by atoms with Gasteiger partial charge in [0.2, 0.25) is 0 Å². The van der Waals surface area contributed by atoms with Crippen molar-refractivity contribution in [3.8, 4) is 0 Å². The van der Waals surface area contributed by atoms with E-state index in [1.807, 2.05) is 18.4 Å². The second-order valence-corrected chi connectivity index (χ2v) is 4.27. The lowest BCUT2D eigenvalue weighted by Crippen LogP contribution is -2.14. The minimum absolute atomic E-state index is 0.0986. The first-order valence-corrected chi connectivity index (χ1v) is 5.56. The molecule has 4 nitrogen and oxygen atoms in total. The smallest absolute Gasteiger partial charge is 0.115 e. The maximum absolute atomic E-state index is 6.01. The molecule has 0 bridgehead atoms. The molecule has 0 spiro atoms. The Labute approximate surface area is 92.2 Å². The normalized spacial score (nSPS) is 12.7. The van der Waals surface area contributed by atoms with E-state index in [1.165, 1.54) is 6.33 Å². The quantitative estimate of drug-likeness (QED) is 0.851. The molecule has 0 radical (unpaired) electrons. The van der Waals surface area contributed by atoms with Crippen LogP contribution in [-0.4, -0.2) is 15.0 Å². The monoisotopic (exact) mass is 220 g/mol. The van der Waals surface area contributed by atoms with Crippen LogP contribution in [0.1, 0.15) is 22.4 Å². The molecule has 0 fully saturated rings. The Morgan fingerprint density at radius 1 is 1.53 bits per heavy atom. The highest BCUT2D eigenvalue weighted by molar-refractivity contribution is 7.09. The molecule has 2 aromatic heterocycles. The number of nitrogens with zero attached hydrogens (tertiary/aromatic N) is 3. The molecule has 0 amide bonds. The molecule has 2 heterocycles. The molecule has 78 valence electrons. The van der Waals surface area contributed by atoms with Gasteiger partial charge in [0.15, 0.2) is 0 Å². The molecule has 1 unspecified atom stereocenters. The van der Waals surface area contributed by atoms with Crippen LogP contribution in [0.2, 0.25) is 0 Å². The van der Waals surface area contributed by atoms with Gasteiger partial charge < -0.3 is 5.73 Å². The van der Waals surface area contributed by atoms with Crippen molar-refractivity contribution in [1.82, 2.24) is 15.0 Å². The second kappa shape index (κ2) is 4.46. The predicted molar refractivity (Wildman–Crippen MR) is 59.5 cm³/mol. The van der Waals surface area contributed by atoms with Gasteiger partial charge in [-0.3, -0.25) is 0 Å².